The molecular weight excluding hydrogens is 298 g/mol. The molecule has 1 aromatic carbocycles. The van der Waals surface area contributed by atoms with Gasteiger partial charge in [0.15, 0.2) is 0 Å². The molecule has 3 amide bonds. The van der Waals surface area contributed by atoms with Crippen molar-refractivity contribution in [1.82, 2.24) is 15.5 Å². The third kappa shape index (κ3) is 4.06. The van der Waals surface area contributed by atoms with E-state index >= 15 is 0 Å². The lowest BCUT2D eigenvalue weighted by Crippen LogP contribution is -2.62. The van der Waals surface area contributed by atoms with Crippen LogP contribution in [0.25, 0.3) is 0 Å². The smallest absolute Gasteiger partial charge is 0.318 e. The number of methoxy groups -OCH3 is 2. The van der Waals surface area contributed by atoms with Crippen LogP contribution in [0.1, 0.15) is 25.5 Å². The Hall–Kier alpha value is -2.44. The zero-order valence-corrected chi connectivity index (χ0v) is 13.9. The summed E-state index contributed by atoms with van der Waals surface area (Å²) in [5, 5.41) is 5.72. The molecule has 0 aromatic heterocycles. The average molecular weight is 321 g/mol. The Balaban J connectivity index is 1.93. The molecule has 1 heterocycles. The summed E-state index contributed by atoms with van der Waals surface area (Å²) in [4.78, 5) is 24.8. The molecular formula is C16H23N3O4. The molecule has 1 saturated heterocycles. The molecule has 0 saturated carbocycles. The van der Waals surface area contributed by atoms with Crippen LogP contribution in [0.3, 0.4) is 0 Å². The van der Waals surface area contributed by atoms with E-state index in [0.29, 0.717) is 24.6 Å². The van der Waals surface area contributed by atoms with Crippen LogP contribution in [0, 0.1) is 0 Å². The maximum Gasteiger partial charge on any atom is 0.318 e. The fraction of sp³-hybridized carbons (Fsp3) is 0.500. The Kier molecular flexibility index (Phi) is 5.31. The van der Waals surface area contributed by atoms with Gasteiger partial charge in [-0.25, -0.2) is 4.79 Å². The van der Waals surface area contributed by atoms with Gasteiger partial charge >= 0.3 is 6.03 Å². The Labute approximate surface area is 135 Å². The van der Waals surface area contributed by atoms with Gasteiger partial charge in [-0.3, -0.25) is 4.79 Å². The second-order valence-corrected chi connectivity index (χ2v) is 5.58. The molecule has 1 aliphatic rings. The van der Waals surface area contributed by atoms with Gasteiger partial charge in [-0.2, -0.15) is 0 Å². The van der Waals surface area contributed by atoms with Crippen molar-refractivity contribution < 1.29 is 19.1 Å². The largest absolute Gasteiger partial charge is 0.497 e. The predicted molar refractivity (Wildman–Crippen MR) is 85.7 cm³/mol. The number of nitrogens with one attached hydrogen (secondary N) is 2. The number of nitrogens with zero attached hydrogens (tertiary/aromatic N) is 1. The second kappa shape index (κ2) is 7.21. The third-order valence-electron chi connectivity index (χ3n) is 3.82. The minimum absolute atomic E-state index is 0.0454. The van der Waals surface area contributed by atoms with Crippen LogP contribution in [0.2, 0.25) is 0 Å². The topological polar surface area (TPSA) is 79.9 Å². The number of carbonyl (C=O) groups excluding carboxylic acids is 2. The Morgan fingerprint density at radius 3 is 2.52 bits per heavy atom. The van der Waals surface area contributed by atoms with E-state index in [2.05, 4.69) is 10.6 Å². The summed E-state index contributed by atoms with van der Waals surface area (Å²) in [5.41, 5.74) is 0.876. The van der Waals surface area contributed by atoms with E-state index < -0.39 is 0 Å². The summed E-state index contributed by atoms with van der Waals surface area (Å²) in [7, 11) is 3.18. The fourth-order valence-electron chi connectivity index (χ4n) is 2.55. The summed E-state index contributed by atoms with van der Waals surface area (Å²) in [5.74, 6) is 1.29. The van der Waals surface area contributed by atoms with Crippen molar-refractivity contribution in [3.63, 3.8) is 0 Å². The number of carbonyl (C=O) groups is 2. The highest BCUT2D eigenvalue weighted by Gasteiger charge is 2.31. The highest BCUT2D eigenvalue weighted by atomic mass is 16.5. The van der Waals surface area contributed by atoms with Crippen molar-refractivity contribution in [1.29, 1.82) is 0 Å². The van der Waals surface area contributed by atoms with Crippen LogP contribution in [0.15, 0.2) is 18.2 Å². The molecule has 0 spiro atoms. The van der Waals surface area contributed by atoms with Crippen LogP contribution in [0.4, 0.5) is 4.79 Å². The molecule has 7 heteroatoms. The number of benzene rings is 1. The van der Waals surface area contributed by atoms with Crippen LogP contribution >= 0.6 is 0 Å². The molecule has 0 radical (unpaired) electrons. The third-order valence-corrected chi connectivity index (χ3v) is 3.82. The van der Waals surface area contributed by atoms with Crippen molar-refractivity contribution in [3.8, 4) is 11.5 Å². The zero-order chi connectivity index (χ0) is 17.0. The standard InChI is InChI=1S/C16H23N3O4/c1-10(14-6-5-13(22-3)7-15(14)23-4)17-16(21)19-8-12(9-19)18-11(2)20/h5-7,10,12H,8-9H2,1-4H3,(H,17,21)(H,18,20)/t10-/m1/s1. The lowest BCUT2D eigenvalue weighted by molar-refractivity contribution is -0.120. The summed E-state index contributed by atoms with van der Waals surface area (Å²) in [6.45, 7) is 4.42. The van der Waals surface area contributed by atoms with Gasteiger partial charge in [-0.15, -0.1) is 0 Å². The number of hydrogen-bond donors (Lipinski definition) is 2. The number of likely N-dealkylation sites (tertiary alicyclic amines) is 1. The van der Waals surface area contributed by atoms with E-state index in [9.17, 15) is 9.59 Å². The minimum atomic E-state index is -0.205. The van der Waals surface area contributed by atoms with E-state index in [0.717, 1.165) is 5.56 Å². The van der Waals surface area contributed by atoms with Crippen molar-refractivity contribution >= 4 is 11.9 Å². The van der Waals surface area contributed by atoms with E-state index in [1.165, 1.54) is 6.92 Å². The molecule has 1 atom stereocenters. The second-order valence-electron chi connectivity index (χ2n) is 5.58. The molecule has 126 valence electrons. The highest BCUT2D eigenvalue weighted by molar-refractivity contribution is 5.77. The molecule has 7 nitrogen and oxygen atoms in total. The first kappa shape index (κ1) is 16.9. The average Bonchev–Trinajstić information content (AvgIpc) is 2.49. The van der Waals surface area contributed by atoms with E-state index in [4.69, 9.17) is 9.47 Å². The molecule has 0 bridgehead atoms. The van der Waals surface area contributed by atoms with Crippen LogP contribution in [0.5, 0.6) is 11.5 Å². The summed E-state index contributed by atoms with van der Waals surface area (Å²) in [6.07, 6.45) is 0. The van der Waals surface area contributed by atoms with Crippen LogP contribution in [-0.4, -0.2) is 50.2 Å². The first-order chi connectivity index (χ1) is 10.9. The first-order valence-corrected chi connectivity index (χ1v) is 7.49. The van der Waals surface area contributed by atoms with Gasteiger partial charge in [0.1, 0.15) is 11.5 Å². The van der Waals surface area contributed by atoms with Gasteiger partial charge in [0.05, 0.1) is 26.3 Å². The van der Waals surface area contributed by atoms with Crippen molar-refractivity contribution in [2.75, 3.05) is 27.3 Å². The molecule has 1 aromatic rings. The quantitative estimate of drug-likeness (QED) is 0.856. The SMILES string of the molecule is COc1ccc([C@@H](C)NC(=O)N2CC(NC(C)=O)C2)c(OC)c1. The normalized spacial score (nSPS) is 15.4. The van der Waals surface area contributed by atoms with Crippen molar-refractivity contribution in [2.45, 2.75) is 25.9 Å². The summed E-state index contributed by atoms with van der Waals surface area (Å²) >= 11 is 0. The Bertz CT molecular complexity index is 585. The predicted octanol–water partition coefficient (Wildman–Crippen LogP) is 1.29. The maximum absolute atomic E-state index is 12.2. The van der Waals surface area contributed by atoms with Crippen molar-refractivity contribution in [2.24, 2.45) is 0 Å². The lowest BCUT2D eigenvalue weighted by atomic mass is 10.1. The highest BCUT2D eigenvalue weighted by Crippen LogP contribution is 2.29. The first-order valence-electron chi connectivity index (χ1n) is 7.49. The number of urea groups is 1. The maximum atomic E-state index is 12.2. The molecule has 0 aliphatic carbocycles. The van der Waals surface area contributed by atoms with E-state index in [1.54, 1.807) is 25.2 Å². The van der Waals surface area contributed by atoms with E-state index in [1.807, 2.05) is 19.1 Å². The Morgan fingerprint density at radius 2 is 1.96 bits per heavy atom. The number of ether oxygens (including phenoxy) is 2. The van der Waals surface area contributed by atoms with Gasteiger partial charge in [-0.05, 0) is 19.1 Å². The molecule has 2 N–H and O–H groups in total. The number of rotatable bonds is 5. The monoisotopic (exact) mass is 321 g/mol. The minimum Gasteiger partial charge on any atom is -0.497 e. The zero-order valence-electron chi connectivity index (χ0n) is 13.9. The van der Waals surface area contributed by atoms with Gasteiger partial charge < -0.3 is 25.0 Å². The Morgan fingerprint density at radius 1 is 1.26 bits per heavy atom. The number of amides is 3. The summed E-state index contributed by atoms with van der Waals surface area (Å²) < 4.78 is 10.5. The van der Waals surface area contributed by atoms with Gasteiger partial charge in [0.2, 0.25) is 5.91 Å². The molecule has 0 unspecified atom stereocenters. The van der Waals surface area contributed by atoms with E-state index in [-0.39, 0.29) is 24.0 Å². The van der Waals surface area contributed by atoms with Crippen molar-refractivity contribution in [3.05, 3.63) is 23.8 Å². The summed E-state index contributed by atoms with van der Waals surface area (Å²) in [6, 6.07) is 5.17. The van der Waals surface area contributed by atoms with Gasteiger partial charge in [-0.1, -0.05) is 0 Å². The van der Waals surface area contributed by atoms with Crippen LogP contribution in [-0.2, 0) is 4.79 Å². The molecule has 1 aliphatic heterocycles. The number of hydrogen-bond acceptors (Lipinski definition) is 4. The fourth-order valence-corrected chi connectivity index (χ4v) is 2.55. The van der Waals surface area contributed by atoms with Gasteiger partial charge in [0.25, 0.3) is 0 Å². The molecule has 1 fully saturated rings. The van der Waals surface area contributed by atoms with Crippen LogP contribution < -0.4 is 20.1 Å². The molecule has 23 heavy (non-hydrogen) atoms. The molecule has 2 rings (SSSR count). The van der Waals surface area contributed by atoms with Gasteiger partial charge in [0, 0.05) is 31.6 Å². The lowest BCUT2D eigenvalue weighted by Gasteiger charge is -2.39.